The van der Waals surface area contributed by atoms with Crippen LogP contribution < -0.4 is 5.32 Å². The predicted molar refractivity (Wildman–Crippen MR) is 82.9 cm³/mol. The van der Waals surface area contributed by atoms with Gasteiger partial charge in [-0.25, -0.2) is 13.8 Å². The lowest BCUT2D eigenvalue weighted by Crippen LogP contribution is -2.06. The van der Waals surface area contributed by atoms with Gasteiger partial charge >= 0.3 is 0 Å². The Morgan fingerprint density at radius 2 is 2.13 bits per heavy atom. The minimum Gasteiger partial charge on any atom is -0.374 e. The van der Waals surface area contributed by atoms with Crippen LogP contribution in [0.2, 0.25) is 0 Å². The van der Waals surface area contributed by atoms with E-state index in [9.17, 15) is 8.78 Å². The molecule has 0 bridgehead atoms. The first kappa shape index (κ1) is 14.5. The second-order valence-corrected chi connectivity index (χ2v) is 6.73. The number of rotatable bonds is 5. The van der Waals surface area contributed by atoms with E-state index >= 15 is 0 Å². The highest BCUT2D eigenvalue weighted by Gasteiger charge is 2.29. The van der Waals surface area contributed by atoms with E-state index in [1.54, 1.807) is 6.07 Å². The summed E-state index contributed by atoms with van der Waals surface area (Å²) < 4.78 is 31.4. The van der Waals surface area contributed by atoms with Crippen LogP contribution in [0.5, 0.6) is 0 Å². The summed E-state index contributed by atoms with van der Waals surface area (Å²) in [6.07, 6.45) is -0.299. The summed E-state index contributed by atoms with van der Waals surface area (Å²) in [4.78, 5) is 8.33. The van der Waals surface area contributed by atoms with Crippen molar-refractivity contribution in [2.75, 3.05) is 5.32 Å². The summed E-state index contributed by atoms with van der Waals surface area (Å²) in [7, 11) is 0. The van der Waals surface area contributed by atoms with Gasteiger partial charge in [-0.3, -0.25) is 0 Å². The molecule has 2 heterocycles. The topological polar surface area (TPSA) is 63.8 Å². The van der Waals surface area contributed by atoms with Gasteiger partial charge in [0.1, 0.15) is 6.04 Å². The summed E-state index contributed by atoms with van der Waals surface area (Å²) in [6.45, 7) is 1.92. The Morgan fingerprint density at radius 3 is 2.87 bits per heavy atom. The molecule has 0 saturated heterocycles. The molecule has 1 aromatic carbocycles. The molecule has 23 heavy (non-hydrogen) atoms. The van der Waals surface area contributed by atoms with E-state index < -0.39 is 6.43 Å². The number of benzene rings is 1. The van der Waals surface area contributed by atoms with E-state index in [0.29, 0.717) is 17.3 Å². The zero-order valence-electron chi connectivity index (χ0n) is 12.3. The summed E-state index contributed by atoms with van der Waals surface area (Å²) in [5.41, 5.74) is 1.39. The molecule has 0 spiro atoms. The Labute approximate surface area is 134 Å². The van der Waals surface area contributed by atoms with Crippen molar-refractivity contribution < 1.29 is 13.3 Å². The van der Waals surface area contributed by atoms with Crippen LogP contribution in [0, 0.1) is 0 Å². The van der Waals surface area contributed by atoms with E-state index in [1.807, 2.05) is 19.1 Å². The first-order valence-corrected chi connectivity index (χ1v) is 8.20. The standard InChI is InChI=1S/C15H14F2N4OS/c1-7(14-20-13(21-22-14)8-2-3-8)18-9-4-5-10-11(6-9)23-15(19-10)12(16)17/h4-8,12,18H,2-3H2,1H3/t7-/m0/s1. The van der Waals surface area contributed by atoms with Gasteiger partial charge in [-0.2, -0.15) is 4.98 Å². The van der Waals surface area contributed by atoms with Crippen LogP contribution >= 0.6 is 11.3 Å². The van der Waals surface area contributed by atoms with Gasteiger partial charge in [-0.15, -0.1) is 11.3 Å². The van der Waals surface area contributed by atoms with Crippen LogP contribution in [-0.2, 0) is 0 Å². The molecule has 1 saturated carbocycles. The van der Waals surface area contributed by atoms with Gasteiger partial charge in [-0.05, 0) is 38.0 Å². The molecule has 5 nitrogen and oxygen atoms in total. The van der Waals surface area contributed by atoms with Crippen molar-refractivity contribution in [3.05, 3.63) is 34.9 Å². The fraction of sp³-hybridized carbons (Fsp3) is 0.400. The lowest BCUT2D eigenvalue weighted by Gasteiger charge is -2.10. The Hall–Kier alpha value is -2.09. The Bertz CT molecular complexity index is 843. The number of alkyl halides is 2. The lowest BCUT2D eigenvalue weighted by molar-refractivity contribution is 0.151. The maximum Gasteiger partial charge on any atom is 0.289 e. The second kappa shape index (κ2) is 5.52. The molecule has 1 aliphatic rings. The van der Waals surface area contributed by atoms with E-state index in [2.05, 4.69) is 20.4 Å². The molecule has 3 aromatic rings. The van der Waals surface area contributed by atoms with Crippen LogP contribution in [0.1, 0.15) is 54.9 Å². The van der Waals surface area contributed by atoms with Gasteiger partial charge in [0.15, 0.2) is 10.8 Å². The Balaban J connectivity index is 1.53. The maximum absolute atomic E-state index is 12.7. The summed E-state index contributed by atoms with van der Waals surface area (Å²) in [5, 5.41) is 7.10. The van der Waals surface area contributed by atoms with Crippen LogP contribution in [0.4, 0.5) is 14.5 Å². The maximum atomic E-state index is 12.7. The van der Waals surface area contributed by atoms with E-state index in [4.69, 9.17) is 4.52 Å². The number of hydrogen-bond donors (Lipinski definition) is 1. The fourth-order valence-corrected chi connectivity index (χ4v) is 3.23. The highest BCUT2D eigenvalue weighted by molar-refractivity contribution is 7.18. The molecular formula is C15H14F2N4OS. The Kier molecular flexibility index (Phi) is 3.48. The summed E-state index contributed by atoms with van der Waals surface area (Å²) in [6, 6.07) is 5.20. The molecule has 120 valence electrons. The average Bonchev–Trinajstić information content (AvgIpc) is 3.10. The fourth-order valence-electron chi connectivity index (χ4n) is 2.37. The highest BCUT2D eigenvalue weighted by Crippen LogP contribution is 2.38. The molecule has 2 aromatic heterocycles. The zero-order valence-corrected chi connectivity index (χ0v) is 13.1. The van der Waals surface area contributed by atoms with Gasteiger partial charge in [0, 0.05) is 11.6 Å². The van der Waals surface area contributed by atoms with Crippen LogP contribution in [0.25, 0.3) is 10.2 Å². The molecule has 1 aliphatic carbocycles. The summed E-state index contributed by atoms with van der Waals surface area (Å²) in [5.74, 6) is 1.75. The van der Waals surface area contributed by atoms with Crippen LogP contribution in [0.15, 0.2) is 22.7 Å². The Morgan fingerprint density at radius 1 is 1.30 bits per heavy atom. The molecule has 0 amide bonds. The third-order valence-electron chi connectivity index (χ3n) is 3.75. The third-order valence-corrected chi connectivity index (χ3v) is 4.77. The highest BCUT2D eigenvalue weighted by atomic mass is 32.1. The smallest absolute Gasteiger partial charge is 0.289 e. The van der Waals surface area contributed by atoms with Gasteiger partial charge in [0.25, 0.3) is 6.43 Å². The number of hydrogen-bond acceptors (Lipinski definition) is 6. The first-order chi connectivity index (χ1) is 11.1. The van der Waals surface area contributed by atoms with Gasteiger partial charge in [0.2, 0.25) is 5.89 Å². The van der Waals surface area contributed by atoms with Crippen molar-refractivity contribution >= 4 is 27.2 Å². The van der Waals surface area contributed by atoms with Crippen LogP contribution in [0.3, 0.4) is 0 Å². The number of anilines is 1. The van der Waals surface area contributed by atoms with E-state index in [0.717, 1.165) is 40.4 Å². The van der Waals surface area contributed by atoms with E-state index in [1.165, 1.54) is 0 Å². The minimum absolute atomic E-state index is 0.156. The normalized spacial score (nSPS) is 16.2. The van der Waals surface area contributed by atoms with Gasteiger partial charge in [-0.1, -0.05) is 5.16 Å². The van der Waals surface area contributed by atoms with Crippen LogP contribution in [-0.4, -0.2) is 15.1 Å². The van der Waals surface area contributed by atoms with Crippen molar-refractivity contribution in [1.82, 2.24) is 15.1 Å². The molecule has 1 fully saturated rings. The molecule has 0 aliphatic heterocycles. The third kappa shape index (κ3) is 2.90. The molecule has 4 rings (SSSR count). The lowest BCUT2D eigenvalue weighted by atomic mass is 10.2. The first-order valence-electron chi connectivity index (χ1n) is 7.39. The van der Waals surface area contributed by atoms with Crippen molar-refractivity contribution in [2.24, 2.45) is 0 Å². The number of nitrogens with one attached hydrogen (secondary N) is 1. The number of aromatic nitrogens is 3. The van der Waals surface area contributed by atoms with Crippen molar-refractivity contribution in [3.63, 3.8) is 0 Å². The average molecular weight is 336 g/mol. The SMILES string of the molecule is C[C@H](Nc1ccc2nc(C(F)F)sc2c1)c1nc(C2CC2)no1. The zero-order chi connectivity index (χ0) is 16.0. The number of fused-ring (bicyclic) bond motifs is 1. The number of nitrogens with zero attached hydrogens (tertiary/aromatic N) is 3. The van der Waals surface area contributed by atoms with Crippen molar-refractivity contribution in [1.29, 1.82) is 0 Å². The molecule has 8 heteroatoms. The predicted octanol–water partition coefficient (Wildman–Crippen LogP) is 4.67. The number of thiazole rings is 1. The van der Waals surface area contributed by atoms with Gasteiger partial charge < -0.3 is 9.84 Å². The second-order valence-electron chi connectivity index (χ2n) is 5.67. The molecule has 0 radical (unpaired) electrons. The molecular weight excluding hydrogens is 322 g/mol. The quantitative estimate of drug-likeness (QED) is 0.733. The molecule has 1 atom stereocenters. The molecule has 1 N–H and O–H groups in total. The van der Waals surface area contributed by atoms with Gasteiger partial charge in [0.05, 0.1) is 10.2 Å². The molecule has 0 unspecified atom stereocenters. The number of halogens is 2. The minimum atomic E-state index is -2.54. The van der Waals surface area contributed by atoms with Crippen molar-refractivity contribution in [3.8, 4) is 0 Å². The van der Waals surface area contributed by atoms with Crippen molar-refractivity contribution in [2.45, 2.75) is 38.2 Å². The largest absolute Gasteiger partial charge is 0.374 e. The van der Waals surface area contributed by atoms with E-state index in [-0.39, 0.29) is 11.0 Å². The summed E-state index contributed by atoms with van der Waals surface area (Å²) >= 11 is 1.01. The monoisotopic (exact) mass is 336 g/mol.